The summed E-state index contributed by atoms with van der Waals surface area (Å²) in [6, 6.07) is 9.51. The molecule has 1 aromatic carbocycles. The Hall–Kier alpha value is -0.820. The molecule has 2 unspecified atom stereocenters. The Morgan fingerprint density at radius 1 is 0.778 bits per heavy atom. The third kappa shape index (κ3) is 6.63. The predicted molar refractivity (Wildman–Crippen MR) is 116 cm³/mol. The lowest BCUT2D eigenvalue weighted by Crippen LogP contribution is -2.32. The molecule has 1 aliphatic heterocycles. The molecule has 0 aromatic heterocycles. The van der Waals surface area contributed by atoms with Crippen LogP contribution in [0.3, 0.4) is 0 Å². The van der Waals surface area contributed by atoms with E-state index in [0.29, 0.717) is 6.10 Å². The molecule has 3 rings (SSSR count). The van der Waals surface area contributed by atoms with Crippen LogP contribution in [0, 0.1) is 17.8 Å². The highest BCUT2D eigenvalue weighted by Gasteiger charge is 2.30. The second kappa shape index (κ2) is 11.2. The van der Waals surface area contributed by atoms with Crippen molar-refractivity contribution in [1.82, 2.24) is 0 Å². The van der Waals surface area contributed by atoms with Crippen molar-refractivity contribution in [2.75, 3.05) is 6.61 Å². The van der Waals surface area contributed by atoms with Crippen molar-refractivity contribution >= 4 is 0 Å². The standard InChI is InChI=1S/C26H42O/c1-3-5-6-7-21-8-10-22(11-9-21)12-13-23-14-16-24(17-15-23)25-18-19-26(4-2)27-20-25/h8-11,23-26H,3-7,12-20H2,1-2H3. The van der Waals surface area contributed by atoms with Crippen molar-refractivity contribution in [3.05, 3.63) is 35.4 Å². The van der Waals surface area contributed by atoms with E-state index in [1.165, 1.54) is 89.0 Å². The second-order valence-corrected chi connectivity index (χ2v) is 9.29. The zero-order valence-electron chi connectivity index (χ0n) is 17.9. The zero-order valence-corrected chi connectivity index (χ0v) is 17.9. The van der Waals surface area contributed by atoms with E-state index in [0.717, 1.165) is 24.4 Å². The third-order valence-electron chi connectivity index (χ3n) is 7.35. The summed E-state index contributed by atoms with van der Waals surface area (Å²) < 4.78 is 6.07. The molecule has 152 valence electrons. The maximum atomic E-state index is 6.07. The van der Waals surface area contributed by atoms with E-state index in [2.05, 4.69) is 38.1 Å². The fourth-order valence-electron chi connectivity index (χ4n) is 5.29. The van der Waals surface area contributed by atoms with Crippen LogP contribution >= 0.6 is 0 Å². The van der Waals surface area contributed by atoms with E-state index in [1.807, 2.05) is 0 Å². The van der Waals surface area contributed by atoms with Gasteiger partial charge in [-0.15, -0.1) is 0 Å². The summed E-state index contributed by atoms with van der Waals surface area (Å²) in [6.45, 7) is 5.58. The first kappa shape index (κ1) is 20.9. The molecule has 0 bridgehead atoms. The van der Waals surface area contributed by atoms with Gasteiger partial charge >= 0.3 is 0 Å². The smallest absolute Gasteiger partial charge is 0.0572 e. The lowest BCUT2D eigenvalue weighted by Gasteiger charge is -2.37. The van der Waals surface area contributed by atoms with Crippen LogP contribution in [-0.2, 0) is 17.6 Å². The number of hydrogen-bond acceptors (Lipinski definition) is 1. The second-order valence-electron chi connectivity index (χ2n) is 9.29. The van der Waals surface area contributed by atoms with Crippen molar-refractivity contribution in [2.45, 2.75) is 103 Å². The molecule has 1 saturated heterocycles. The Balaban J connectivity index is 1.33. The van der Waals surface area contributed by atoms with Crippen molar-refractivity contribution in [2.24, 2.45) is 17.8 Å². The highest BCUT2D eigenvalue weighted by molar-refractivity contribution is 5.22. The van der Waals surface area contributed by atoms with Crippen LogP contribution in [0.4, 0.5) is 0 Å². The Kier molecular flexibility index (Phi) is 8.71. The normalized spacial score (nSPS) is 29.0. The van der Waals surface area contributed by atoms with Crippen LogP contribution in [0.2, 0.25) is 0 Å². The summed E-state index contributed by atoms with van der Waals surface area (Å²) in [5.41, 5.74) is 3.07. The number of benzene rings is 1. The first-order chi connectivity index (χ1) is 13.3. The summed E-state index contributed by atoms with van der Waals surface area (Å²) in [7, 11) is 0. The van der Waals surface area contributed by atoms with Crippen LogP contribution in [0.15, 0.2) is 24.3 Å². The molecule has 1 heterocycles. The van der Waals surface area contributed by atoms with Gasteiger partial charge in [0.2, 0.25) is 0 Å². The molecule has 1 aliphatic carbocycles. The van der Waals surface area contributed by atoms with Gasteiger partial charge in [-0.05, 0) is 86.7 Å². The number of aryl methyl sites for hydroxylation is 2. The molecule has 2 aliphatic rings. The van der Waals surface area contributed by atoms with E-state index < -0.39 is 0 Å². The van der Waals surface area contributed by atoms with Crippen LogP contribution in [0.1, 0.15) is 95.6 Å². The Morgan fingerprint density at radius 3 is 2.04 bits per heavy atom. The molecule has 0 amide bonds. The summed E-state index contributed by atoms with van der Waals surface area (Å²) in [6.07, 6.45) is 18.2. The molecule has 0 spiro atoms. The minimum atomic E-state index is 0.552. The minimum Gasteiger partial charge on any atom is -0.378 e. The van der Waals surface area contributed by atoms with Crippen molar-refractivity contribution < 1.29 is 4.74 Å². The van der Waals surface area contributed by atoms with E-state index in [9.17, 15) is 0 Å². The van der Waals surface area contributed by atoms with Gasteiger partial charge in [0.15, 0.2) is 0 Å². The van der Waals surface area contributed by atoms with Crippen molar-refractivity contribution in [1.29, 1.82) is 0 Å². The fraction of sp³-hybridized carbons (Fsp3) is 0.769. The molecule has 2 fully saturated rings. The SMILES string of the molecule is CCCCCc1ccc(CCC2CCC(C3CCC(CC)OC3)CC2)cc1. The molecule has 1 nitrogen and oxygen atoms in total. The molecule has 0 N–H and O–H groups in total. The average molecular weight is 371 g/mol. The molecule has 1 aromatic rings. The lowest BCUT2D eigenvalue weighted by atomic mass is 9.72. The Morgan fingerprint density at radius 2 is 1.44 bits per heavy atom. The molecule has 27 heavy (non-hydrogen) atoms. The molecule has 0 radical (unpaired) electrons. The summed E-state index contributed by atoms with van der Waals surface area (Å²) in [5.74, 6) is 2.76. The van der Waals surface area contributed by atoms with Gasteiger partial charge in [0, 0.05) is 0 Å². The minimum absolute atomic E-state index is 0.552. The summed E-state index contributed by atoms with van der Waals surface area (Å²) >= 11 is 0. The largest absolute Gasteiger partial charge is 0.378 e. The quantitative estimate of drug-likeness (QED) is 0.412. The monoisotopic (exact) mass is 370 g/mol. The molecular weight excluding hydrogens is 328 g/mol. The molecule has 2 atom stereocenters. The molecule has 1 heteroatoms. The number of unbranched alkanes of at least 4 members (excludes halogenated alkanes) is 2. The fourth-order valence-corrected chi connectivity index (χ4v) is 5.29. The van der Waals surface area contributed by atoms with E-state index >= 15 is 0 Å². The Labute approximate surface area is 168 Å². The number of hydrogen-bond donors (Lipinski definition) is 0. The zero-order chi connectivity index (χ0) is 18.9. The van der Waals surface area contributed by atoms with Crippen molar-refractivity contribution in [3.63, 3.8) is 0 Å². The highest BCUT2D eigenvalue weighted by Crippen LogP contribution is 2.39. The number of ether oxygens (including phenoxy) is 1. The first-order valence-electron chi connectivity index (χ1n) is 12.0. The highest BCUT2D eigenvalue weighted by atomic mass is 16.5. The van der Waals surface area contributed by atoms with Gasteiger partial charge in [-0.1, -0.05) is 63.8 Å². The van der Waals surface area contributed by atoms with E-state index in [-0.39, 0.29) is 0 Å². The average Bonchev–Trinajstić information content (AvgIpc) is 2.74. The first-order valence-corrected chi connectivity index (χ1v) is 12.0. The van der Waals surface area contributed by atoms with Crippen LogP contribution in [-0.4, -0.2) is 12.7 Å². The molecular formula is C26H42O. The van der Waals surface area contributed by atoms with Gasteiger partial charge in [0.1, 0.15) is 0 Å². The van der Waals surface area contributed by atoms with Gasteiger partial charge < -0.3 is 4.74 Å². The maximum absolute atomic E-state index is 6.07. The third-order valence-corrected chi connectivity index (χ3v) is 7.35. The van der Waals surface area contributed by atoms with Gasteiger partial charge in [0.25, 0.3) is 0 Å². The van der Waals surface area contributed by atoms with Crippen molar-refractivity contribution in [3.8, 4) is 0 Å². The van der Waals surface area contributed by atoms with Crippen LogP contribution in [0.5, 0.6) is 0 Å². The molecule has 1 saturated carbocycles. The number of rotatable bonds is 9. The van der Waals surface area contributed by atoms with Gasteiger partial charge in [-0.25, -0.2) is 0 Å². The van der Waals surface area contributed by atoms with E-state index in [4.69, 9.17) is 4.74 Å². The predicted octanol–water partition coefficient (Wildman–Crippen LogP) is 7.36. The topological polar surface area (TPSA) is 9.23 Å². The van der Waals surface area contributed by atoms with Gasteiger partial charge in [-0.3, -0.25) is 0 Å². The maximum Gasteiger partial charge on any atom is 0.0572 e. The summed E-state index contributed by atoms with van der Waals surface area (Å²) in [5, 5.41) is 0. The lowest BCUT2D eigenvalue weighted by molar-refractivity contribution is -0.0399. The van der Waals surface area contributed by atoms with Gasteiger partial charge in [0.05, 0.1) is 12.7 Å². The van der Waals surface area contributed by atoms with E-state index in [1.54, 1.807) is 5.56 Å². The summed E-state index contributed by atoms with van der Waals surface area (Å²) in [4.78, 5) is 0. The van der Waals surface area contributed by atoms with Gasteiger partial charge in [-0.2, -0.15) is 0 Å². The van der Waals surface area contributed by atoms with Crippen LogP contribution in [0.25, 0.3) is 0 Å². The van der Waals surface area contributed by atoms with Crippen LogP contribution < -0.4 is 0 Å². The Bertz CT molecular complexity index is 504.